The third kappa shape index (κ3) is 34.9. The van der Waals surface area contributed by atoms with Gasteiger partial charge in [0.15, 0.2) is 52.4 Å². The van der Waals surface area contributed by atoms with Crippen molar-refractivity contribution >= 4 is 163 Å². The van der Waals surface area contributed by atoms with Gasteiger partial charge < -0.3 is 76.0 Å². The van der Waals surface area contributed by atoms with Crippen LogP contribution in [0, 0.1) is 0 Å². The number of amides is 8. The number of ketones is 9. The fraction of sp³-hybridized carbons (Fsp3) is 0.657. The van der Waals surface area contributed by atoms with Gasteiger partial charge in [0.2, 0.25) is 35.4 Å². The van der Waals surface area contributed by atoms with Gasteiger partial charge in [-0.3, -0.25) is 111 Å². The third-order valence-corrected chi connectivity index (χ3v) is 31.3. The van der Waals surface area contributed by atoms with Gasteiger partial charge in [-0.2, -0.15) is 0 Å². The van der Waals surface area contributed by atoms with Gasteiger partial charge >= 0.3 is 0 Å². The predicted octanol–water partition coefficient (Wildman–Crippen LogP) is 6.66. The number of nitrogens with zero attached hydrogens (tertiary/aromatic N) is 13. The van der Waals surface area contributed by atoms with Gasteiger partial charge in [-0.15, -0.1) is 35.3 Å². The number of hydrogen-bond donors (Lipinski definition) is 8. The van der Waals surface area contributed by atoms with Crippen molar-refractivity contribution in [3.8, 4) is 0 Å². The fourth-order valence-corrected chi connectivity index (χ4v) is 22.3. The Labute approximate surface area is 889 Å². The first kappa shape index (κ1) is 132. The molecule has 8 amide bonds. The largest absolute Gasteiger partial charge is 0.399 e. The summed E-state index contributed by atoms with van der Waals surface area (Å²) in [6, 6.07) is 14.2. The average molecular weight is 2130 g/mol. The molecule has 8 N–H and O–H groups in total. The van der Waals surface area contributed by atoms with Crippen LogP contribution in [0.25, 0.3) is 0 Å². The maximum Gasteiger partial charge on any atom is 0.274 e. The minimum Gasteiger partial charge on any atom is -0.399 e. The lowest BCUT2D eigenvalue weighted by Gasteiger charge is -2.47. The summed E-state index contributed by atoms with van der Waals surface area (Å²) in [5.41, 5.74) is 4.91. The number of anilines is 3. The highest BCUT2D eigenvalue weighted by Gasteiger charge is 2.51. The van der Waals surface area contributed by atoms with Crippen molar-refractivity contribution in [2.75, 3.05) is 143 Å². The summed E-state index contributed by atoms with van der Waals surface area (Å²) in [6.45, 7) is 39.2. The molecule has 40 nitrogen and oxygen atoms in total. The summed E-state index contributed by atoms with van der Waals surface area (Å²) in [5, 5.41) is 31.1. The molecular weight excluding hydrogens is 1960 g/mol. The number of piperidine rings is 1. The van der Waals surface area contributed by atoms with E-state index in [-0.39, 0.29) is 182 Å². The summed E-state index contributed by atoms with van der Waals surface area (Å²) in [7, 11) is 21.2. The summed E-state index contributed by atoms with van der Waals surface area (Å²) in [5.74, 6) is 2.36. The molecular formula is C105H171N21O19S3. The summed E-state index contributed by atoms with van der Waals surface area (Å²) in [6.07, 6.45) is 8.59. The number of benzene rings is 2. The molecule has 0 aliphatic carbocycles. The van der Waals surface area contributed by atoms with Gasteiger partial charge in [-0.1, -0.05) is 83.1 Å². The molecule has 12 heterocycles. The molecule has 3 aromatic rings. The Kier molecular flexibility index (Phi) is 58.1. The summed E-state index contributed by atoms with van der Waals surface area (Å²) < 4.78 is 1.42. The van der Waals surface area contributed by atoms with E-state index < -0.39 is 42.4 Å². The topological polar surface area (TPSA) is 475 Å². The van der Waals surface area contributed by atoms with Gasteiger partial charge in [0.1, 0.15) is 42.7 Å². The second-order valence-electron chi connectivity index (χ2n) is 36.8. The second kappa shape index (κ2) is 65.1. The number of aliphatic imine (C=N–C) groups is 1. The Balaban J connectivity index is 0.000000428. The first-order chi connectivity index (χ1) is 70.1. The monoisotopic (exact) mass is 2130 g/mol. The number of rotatable bonds is 23. The molecule has 148 heavy (non-hydrogen) atoms. The van der Waals surface area contributed by atoms with Crippen LogP contribution in [0.1, 0.15) is 227 Å². The molecule has 2 aromatic carbocycles. The van der Waals surface area contributed by atoms with Crippen molar-refractivity contribution in [2.24, 2.45) is 10.1 Å². The highest BCUT2D eigenvalue weighted by Crippen LogP contribution is 2.41. The maximum atomic E-state index is 12.9. The van der Waals surface area contributed by atoms with E-state index in [2.05, 4.69) is 57.6 Å². The second-order valence-corrected chi connectivity index (χ2v) is 40.4. The number of benzodiazepines with no additional fused rings is 1. The van der Waals surface area contributed by atoms with E-state index in [1.165, 1.54) is 56.3 Å². The lowest BCUT2D eigenvalue weighted by Crippen LogP contribution is -2.67. The standard InChI is InChI=1S/C16H21N3O3.C15H19N3O2.C11H17N3O3.C11H21N3O2.C11H18N2O2S.C10H16N2O2S.C10H14N2O2.C9H14N2O2S.C6H13NO.3C2H6/c1-10(11(2)20)19-15-8-6-5-7-12(15)13(18-22-4)9-14(17-3)16(19)21;1-9-12-7-5-6-8-13(12)18(10(2)11(3)19)15(20)14(16-4)17-9;1-7(15)9-4-3-5-13-10(16)6-8(12-2)11(17)14(9)13;1-8(9(2)15)14-6-5-13(4)7-10(12-3)11(14)16;1-7(14)9-6-16-10-5-3-4-8(12-2)11(15)13(9)10;1-6(13)8-5-15-9-4-3-7(11-2)10(14)12(8)9;1-7(8(2)13)12-6-4-5-9(11-3)10(12)14;1-5(12)7-4-14-8-3-6(10-2)9(13)11(7)8;1-5(6(2)8)7(3)4;3*1-2/h5-8,10,14,17H,9H2,1-4H3;5-8,10,14,16H,1-4H3;8-9,12H,3-6H2,1-2H3;8,10,12H,5-7H2,1-4H3;8-10,12H,3-6H2,1-2H3;7-9,11H,3-5H2,1-2H3;4-7,11H,1-3H3;6-8,10H,3-4H2,1-2H3;5H,1-4H3;3*1-2H3. The van der Waals surface area contributed by atoms with Crippen LogP contribution in [0.3, 0.4) is 0 Å². The van der Waals surface area contributed by atoms with Gasteiger partial charge in [0, 0.05) is 86.4 Å². The van der Waals surface area contributed by atoms with E-state index in [0.29, 0.717) is 49.6 Å². The molecule has 828 valence electrons. The summed E-state index contributed by atoms with van der Waals surface area (Å²) in [4.78, 5) is 235. The number of likely N-dealkylation sites (N-methyl/N-ethyl adjacent to an activating group) is 9. The van der Waals surface area contributed by atoms with Crippen LogP contribution in [-0.4, -0.2) is 390 Å². The minimum atomic E-state index is -0.663. The molecule has 1 aromatic heterocycles. The van der Waals surface area contributed by atoms with E-state index in [1.54, 1.807) is 183 Å². The van der Waals surface area contributed by atoms with Crippen molar-refractivity contribution < 1.29 is 86.3 Å². The number of hydrogen-bond acceptors (Lipinski definition) is 34. The molecule has 9 saturated heterocycles. The van der Waals surface area contributed by atoms with Crippen molar-refractivity contribution in [1.82, 2.24) is 81.2 Å². The maximum absolute atomic E-state index is 12.9. The molecule has 0 saturated carbocycles. The fourth-order valence-electron chi connectivity index (χ4n) is 17.7. The van der Waals surface area contributed by atoms with E-state index in [9.17, 15) is 86.3 Å². The van der Waals surface area contributed by atoms with E-state index in [1.807, 2.05) is 142 Å². The van der Waals surface area contributed by atoms with Gasteiger partial charge in [0.05, 0.1) is 106 Å². The predicted molar refractivity (Wildman–Crippen MR) is 589 cm³/mol. The minimum absolute atomic E-state index is 0.0227. The molecule has 11 aliphatic heterocycles. The number of pyridine rings is 1. The van der Waals surface area contributed by atoms with Crippen molar-refractivity contribution in [3.63, 3.8) is 0 Å². The Hall–Kier alpha value is -10.2. The van der Waals surface area contributed by atoms with Crippen molar-refractivity contribution in [3.05, 3.63) is 88.3 Å². The number of thioether (sulfide) groups is 3. The Morgan fingerprint density at radius 3 is 1.32 bits per heavy atom. The molecule has 19 atom stereocenters. The Morgan fingerprint density at radius 2 is 0.878 bits per heavy atom. The molecule has 0 radical (unpaired) electrons. The molecule has 11 aliphatic rings. The number of hydrazine groups is 1. The number of oxime groups is 1. The number of nitrogens with one attached hydrogen (secondary N) is 8. The van der Waals surface area contributed by atoms with Crippen LogP contribution in [0.2, 0.25) is 0 Å². The van der Waals surface area contributed by atoms with Gasteiger partial charge in [0.25, 0.3) is 17.4 Å². The van der Waals surface area contributed by atoms with Crippen LogP contribution in [0.5, 0.6) is 0 Å². The Bertz CT molecular complexity index is 5100. The number of carbonyl (C=O) groups is 17. The first-order valence-electron chi connectivity index (χ1n) is 51.3. The number of Topliss-reactive ketones (excluding diaryl/α,β-unsaturated/α-hetero) is 9. The quantitative estimate of drug-likeness (QED) is 0.0460. The highest BCUT2D eigenvalue weighted by atomic mass is 32.2. The molecule has 0 bridgehead atoms. The van der Waals surface area contributed by atoms with Crippen LogP contribution in [0.4, 0.5) is 17.1 Å². The summed E-state index contributed by atoms with van der Waals surface area (Å²) >= 11 is 5.20. The smallest absolute Gasteiger partial charge is 0.274 e. The Morgan fingerprint density at radius 1 is 0.439 bits per heavy atom. The number of carbonyl (C=O) groups excluding carboxylic acids is 17. The molecule has 9 fully saturated rings. The van der Waals surface area contributed by atoms with Gasteiger partial charge in [-0.25, -0.2) is 5.01 Å². The SMILES string of the molecule is CC.CC.CC.CC(=O)C(C)N(C)C.CNC1CC(=NOC)c2ccccc2N(C(C)C(C)=O)C1=O.CNC1CC(=O)N2CCCC(C(C)=O)N2C1=O.CNC1CC2SCC(C(C)=O)N2C1=O.CNC1CCC2SCC(C(C)=O)N2C1=O.CNC1CCCC2SCC(C(C)=O)N2C1=O.CNC1CN(C)CCN(C(C)C(C)=O)C1=O.CNC1N=C(C)c2ccccc2N(C(C)C(C)=O)C1=O.CNc1cccn(C(C)C(C)=O)c1=O. The zero-order valence-electron chi connectivity index (χ0n) is 93.6. The van der Waals surface area contributed by atoms with Crippen LogP contribution < -0.4 is 57.9 Å². The van der Waals surface area contributed by atoms with Crippen LogP contribution >= 0.6 is 35.3 Å². The van der Waals surface area contributed by atoms with Crippen molar-refractivity contribution in [2.45, 2.75) is 323 Å². The van der Waals surface area contributed by atoms with Gasteiger partial charge in [-0.05, 0) is 244 Å². The zero-order chi connectivity index (χ0) is 112. The molecule has 0 spiro atoms. The van der Waals surface area contributed by atoms with E-state index in [0.717, 1.165) is 91.3 Å². The number of fused-ring (bicyclic) bond motifs is 6. The van der Waals surface area contributed by atoms with Crippen LogP contribution in [0.15, 0.2) is 81.8 Å². The van der Waals surface area contributed by atoms with E-state index in [4.69, 9.17) is 4.84 Å². The molecule has 14 rings (SSSR count). The van der Waals surface area contributed by atoms with E-state index >= 15 is 0 Å². The van der Waals surface area contributed by atoms with Crippen molar-refractivity contribution in [1.29, 1.82) is 0 Å². The normalized spacial score (nSPS) is 24.8. The molecule has 43 heteroatoms. The zero-order valence-corrected chi connectivity index (χ0v) is 96.1. The average Bonchev–Trinajstić information content (AvgIpc) is 0.971. The first-order valence-corrected chi connectivity index (χ1v) is 54.5. The molecule has 19 unspecified atom stereocenters. The van der Waals surface area contributed by atoms with Crippen LogP contribution in [-0.2, 0) is 86.3 Å². The lowest BCUT2D eigenvalue weighted by atomic mass is 9.99. The number of para-hydroxylation sites is 2. The third-order valence-electron chi connectivity index (χ3n) is 27.2. The highest BCUT2D eigenvalue weighted by molar-refractivity contribution is 8.00. The number of aromatic nitrogens is 1. The lowest BCUT2D eigenvalue weighted by molar-refractivity contribution is -0.185.